The predicted octanol–water partition coefficient (Wildman–Crippen LogP) is 2.16. The van der Waals surface area contributed by atoms with E-state index in [1.807, 2.05) is 0 Å². The summed E-state index contributed by atoms with van der Waals surface area (Å²) in [6, 6.07) is 10.5. The number of ether oxygens (including phenoxy) is 3. The average molecular weight is 469 g/mol. The van der Waals surface area contributed by atoms with E-state index in [4.69, 9.17) is 14.2 Å². The van der Waals surface area contributed by atoms with Crippen molar-refractivity contribution >= 4 is 17.4 Å². The molecule has 34 heavy (non-hydrogen) atoms. The van der Waals surface area contributed by atoms with Gasteiger partial charge in [-0.3, -0.25) is 14.5 Å². The van der Waals surface area contributed by atoms with Crippen LogP contribution >= 0.6 is 0 Å². The number of phenolic OH excluding ortho intramolecular Hbond substituents is 1. The maximum absolute atomic E-state index is 13.2. The van der Waals surface area contributed by atoms with Crippen molar-refractivity contribution in [3.63, 3.8) is 0 Å². The fourth-order valence-electron chi connectivity index (χ4n) is 4.32. The number of aliphatic hydroxyl groups excluding tert-OH is 1. The number of hydrogen-bond acceptors (Lipinski definition) is 8. The number of amides is 1. The van der Waals surface area contributed by atoms with Gasteiger partial charge in [0.05, 0.1) is 39.0 Å². The van der Waals surface area contributed by atoms with Gasteiger partial charge >= 0.3 is 0 Å². The van der Waals surface area contributed by atoms with Gasteiger partial charge in [0.15, 0.2) is 11.5 Å². The van der Waals surface area contributed by atoms with Crippen molar-refractivity contribution in [1.82, 2.24) is 9.80 Å². The molecule has 0 aliphatic carbocycles. The van der Waals surface area contributed by atoms with Crippen molar-refractivity contribution < 1.29 is 34.0 Å². The quantitative estimate of drug-likeness (QED) is 0.362. The molecule has 2 aromatic rings. The SMILES string of the molecule is COc1cccc(/C(O)=C2\C(=O)C(=O)N(CCN3CCOCC3)C2c2ccc(O)c(OC)c2)c1. The van der Waals surface area contributed by atoms with Crippen LogP contribution in [-0.2, 0) is 14.3 Å². The van der Waals surface area contributed by atoms with Crippen molar-refractivity contribution in [2.24, 2.45) is 0 Å². The van der Waals surface area contributed by atoms with Gasteiger partial charge < -0.3 is 29.3 Å². The van der Waals surface area contributed by atoms with Crippen molar-refractivity contribution in [2.75, 3.05) is 53.6 Å². The highest BCUT2D eigenvalue weighted by molar-refractivity contribution is 6.46. The first kappa shape index (κ1) is 23.6. The zero-order valence-electron chi connectivity index (χ0n) is 19.2. The van der Waals surface area contributed by atoms with Gasteiger partial charge in [-0.1, -0.05) is 18.2 Å². The summed E-state index contributed by atoms with van der Waals surface area (Å²) in [5.41, 5.74) is 0.884. The number of rotatable bonds is 7. The lowest BCUT2D eigenvalue weighted by Crippen LogP contribution is -2.42. The number of phenols is 1. The number of nitrogens with zero attached hydrogens (tertiary/aromatic N) is 2. The van der Waals surface area contributed by atoms with Gasteiger partial charge in [0.25, 0.3) is 11.7 Å². The molecular formula is C25H28N2O7. The monoisotopic (exact) mass is 468 g/mol. The Balaban J connectivity index is 1.78. The first-order valence-corrected chi connectivity index (χ1v) is 11.0. The molecule has 2 saturated heterocycles. The van der Waals surface area contributed by atoms with E-state index in [0.29, 0.717) is 36.6 Å². The highest BCUT2D eigenvalue weighted by Gasteiger charge is 2.46. The van der Waals surface area contributed by atoms with E-state index in [0.717, 1.165) is 13.1 Å². The lowest BCUT2D eigenvalue weighted by Gasteiger charge is -2.31. The van der Waals surface area contributed by atoms with Crippen LogP contribution in [0.1, 0.15) is 17.2 Å². The van der Waals surface area contributed by atoms with E-state index in [2.05, 4.69) is 4.90 Å². The van der Waals surface area contributed by atoms with E-state index < -0.39 is 17.7 Å². The molecule has 180 valence electrons. The third-order valence-corrected chi connectivity index (χ3v) is 6.16. The Bertz CT molecular complexity index is 1110. The Kier molecular flexibility index (Phi) is 7.04. The van der Waals surface area contributed by atoms with E-state index in [1.54, 1.807) is 36.4 Å². The minimum atomic E-state index is -0.846. The molecule has 1 amide bonds. The minimum absolute atomic E-state index is 0.0204. The number of carbonyl (C=O) groups is 2. The maximum Gasteiger partial charge on any atom is 0.295 e. The number of Topliss-reactive ketones (excluding diaryl/α,β-unsaturated/α-hetero) is 1. The second-order valence-corrected chi connectivity index (χ2v) is 8.11. The molecule has 1 atom stereocenters. The van der Waals surface area contributed by atoms with Gasteiger partial charge in [-0.15, -0.1) is 0 Å². The Morgan fingerprint density at radius 3 is 2.53 bits per heavy atom. The first-order valence-electron chi connectivity index (χ1n) is 11.0. The first-order chi connectivity index (χ1) is 16.4. The zero-order chi connectivity index (χ0) is 24.2. The van der Waals surface area contributed by atoms with Crippen LogP contribution in [0.5, 0.6) is 17.2 Å². The van der Waals surface area contributed by atoms with Crippen LogP contribution in [0, 0.1) is 0 Å². The molecule has 9 heteroatoms. The van der Waals surface area contributed by atoms with Crippen molar-refractivity contribution in [3.05, 3.63) is 59.2 Å². The maximum atomic E-state index is 13.2. The third-order valence-electron chi connectivity index (χ3n) is 6.16. The van der Waals surface area contributed by atoms with Gasteiger partial charge in [-0.05, 0) is 29.8 Å². The van der Waals surface area contributed by atoms with Crippen LogP contribution in [0.25, 0.3) is 5.76 Å². The van der Waals surface area contributed by atoms with Crippen molar-refractivity contribution in [2.45, 2.75) is 6.04 Å². The smallest absolute Gasteiger partial charge is 0.295 e. The Hall–Kier alpha value is -3.56. The number of benzene rings is 2. The molecule has 2 heterocycles. The molecule has 2 fully saturated rings. The van der Waals surface area contributed by atoms with Crippen LogP contribution in [0.2, 0.25) is 0 Å². The fraction of sp³-hybridized carbons (Fsp3) is 0.360. The van der Waals surface area contributed by atoms with Gasteiger partial charge in [0.2, 0.25) is 0 Å². The number of aliphatic hydroxyl groups is 1. The normalized spacial score (nSPS) is 20.5. The van der Waals surface area contributed by atoms with Gasteiger partial charge in [0.1, 0.15) is 11.5 Å². The molecule has 2 aliphatic heterocycles. The summed E-state index contributed by atoms with van der Waals surface area (Å²) in [6.45, 7) is 3.56. The average Bonchev–Trinajstić information content (AvgIpc) is 3.12. The predicted molar refractivity (Wildman–Crippen MR) is 124 cm³/mol. The highest BCUT2D eigenvalue weighted by Crippen LogP contribution is 2.41. The van der Waals surface area contributed by atoms with E-state index in [1.165, 1.54) is 25.2 Å². The molecule has 0 bridgehead atoms. The second kappa shape index (κ2) is 10.1. The topological polar surface area (TPSA) is 109 Å². The molecule has 0 aromatic heterocycles. The number of hydrogen-bond donors (Lipinski definition) is 2. The number of carbonyl (C=O) groups excluding carboxylic acids is 2. The van der Waals surface area contributed by atoms with E-state index >= 15 is 0 Å². The van der Waals surface area contributed by atoms with Gasteiger partial charge in [-0.2, -0.15) is 0 Å². The largest absolute Gasteiger partial charge is 0.507 e. The Labute approximate surface area is 197 Å². The summed E-state index contributed by atoms with van der Waals surface area (Å²) in [4.78, 5) is 30.0. The number of methoxy groups -OCH3 is 2. The summed E-state index contributed by atoms with van der Waals surface area (Å²) in [5.74, 6) is -1.09. The number of morpholine rings is 1. The number of aromatic hydroxyl groups is 1. The lowest BCUT2D eigenvalue weighted by atomic mass is 9.95. The fourth-order valence-corrected chi connectivity index (χ4v) is 4.32. The Morgan fingerprint density at radius 1 is 1.06 bits per heavy atom. The van der Waals surface area contributed by atoms with E-state index in [9.17, 15) is 19.8 Å². The standard InChI is InChI=1S/C25H28N2O7/c1-32-18-5-3-4-17(14-18)23(29)21-22(16-6-7-19(28)20(15-16)33-2)27(25(31)24(21)30)9-8-26-10-12-34-13-11-26/h3-7,14-15,22,28-29H,8-13H2,1-2H3/b23-21+. The molecule has 0 spiro atoms. The summed E-state index contributed by atoms with van der Waals surface area (Å²) in [7, 11) is 2.93. The van der Waals surface area contributed by atoms with Gasteiger partial charge in [0, 0.05) is 31.7 Å². The summed E-state index contributed by atoms with van der Waals surface area (Å²) in [6.07, 6.45) is 0. The summed E-state index contributed by atoms with van der Waals surface area (Å²) < 4.78 is 15.9. The molecule has 2 aromatic carbocycles. The van der Waals surface area contributed by atoms with E-state index in [-0.39, 0.29) is 29.4 Å². The van der Waals surface area contributed by atoms with Crippen molar-refractivity contribution in [3.8, 4) is 17.2 Å². The molecule has 2 aliphatic rings. The number of likely N-dealkylation sites (tertiary alicyclic amines) is 1. The summed E-state index contributed by atoms with van der Waals surface area (Å²) in [5, 5.41) is 21.3. The summed E-state index contributed by atoms with van der Waals surface area (Å²) >= 11 is 0. The molecule has 4 rings (SSSR count). The molecular weight excluding hydrogens is 440 g/mol. The third kappa shape index (κ3) is 4.57. The molecule has 1 unspecified atom stereocenters. The molecule has 0 radical (unpaired) electrons. The Morgan fingerprint density at radius 2 is 1.82 bits per heavy atom. The van der Waals surface area contributed by atoms with Crippen molar-refractivity contribution in [1.29, 1.82) is 0 Å². The molecule has 2 N–H and O–H groups in total. The number of ketones is 1. The molecule has 9 nitrogen and oxygen atoms in total. The van der Waals surface area contributed by atoms with Crippen LogP contribution in [0.3, 0.4) is 0 Å². The minimum Gasteiger partial charge on any atom is -0.507 e. The van der Waals surface area contributed by atoms with Crippen LogP contribution in [0.4, 0.5) is 0 Å². The highest BCUT2D eigenvalue weighted by atomic mass is 16.5. The molecule has 0 saturated carbocycles. The van der Waals surface area contributed by atoms with Gasteiger partial charge in [-0.25, -0.2) is 0 Å². The zero-order valence-corrected chi connectivity index (χ0v) is 19.2. The second-order valence-electron chi connectivity index (χ2n) is 8.11. The lowest BCUT2D eigenvalue weighted by molar-refractivity contribution is -0.140. The van der Waals surface area contributed by atoms with Crippen LogP contribution in [-0.4, -0.2) is 85.3 Å². The van der Waals surface area contributed by atoms with Crippen LogP contribution < -0.4 is 9.47 Å². The van der Waals surface area contributed by atoms with Crippen LogP contribution in [0.15, 0.2) is 48.0 Å².